The lowest BCUT2D eigenvalue weighted by molar-refractivity contribution is -0.736. The molecular formula is C16H13N2O5S2+. The first-order valence-electron chi connectivity index (χ1n) is 7.06. The van der Waals surface area contributed by atoms with Crippen LogP contribution in [0.4, 0.5) is 5.69 Å². The maximum atomic E-state index is 11.8. The standard InChI is InChI=1S/C16H12N2O5S2/c1-21-13-5-3-9(7-11(13)18(20)22-2)12-6-4-10(23-12)8-14-15(19)17-16(24)25-14/h3-8H,1-2H3/p+1/b14-8-. The maximum absolute atomic E-state index is 11.8. The quantitative estimate of drug-likeness (QED) is 0.486. The molecule has 3 rings (SSSR count). The van der Waals surface area contributed by atoms with Gasteiger partial charge in [0.25, 0.3) is 10.8 Å². The summed E-state index contributed by atoms with van der Waals surface area (Å²) in [5.74, 6) is 1.16. The summed E-state index contributed by atoms with van der Waals surface area (Å²) < 4.78 is 11.3. The van der Waals surface area contributed by atoms with Crippen molar-refractivity contribution in [3.8, 4) is 17.1 Å². The van der Waals surface area contributed by atoms with E-state index in [0.717, 1.165) is 0 Å². The first-order valence-corrected chi connectivity index (χ1v) is 8.28. The van der Waals surface area contributed by atoms with Crippen molar-refractivity contribution in [1.29, 1.82) is 0 Å². The van der Waals surface area contributed by atoms with Crippen LogP contribution in [-0.4, -0.2) is 29.4 Å². The zero-order chi connectivity index (χ0) is 18.0. The van der Waals surface area contributed by atoms with Crippen LogP contribution in [0.5, 0.6) is 5.75 Å². The fraction of sp³-hybridized carbons (Fsp3) is 0.125. The van der Waals surface area contributed by atoms with Gasteiger partial charge in [-0.3, -0.25) is 4.79 Å². The Morgan fingerprint density at radius 1 is 1.28 bits per heavy atom. The number of ether oxygens (including phenoxy) is 1. The van der Waals surface area contributed by atoms with Crippen molar-refractivity contribution in [2.24, 2.45) is 0 Å². The zero-order valence-corrected chi connectivity index (χ0v) is 14.9. The summed E-state index contributed by atoms with van der Waals surface area (Å²) in [6, 6.07) is 8.47. The SMILES string of the molecule is COc1ccc(-c2ccc(/C=C3\SC(=S)NC3=O)o2)cc1[N+](=O)OC. The Balaban J connectivity index is 1.92. The summed E-state index contributed by atoms with van der Waals surface area (Å²) >= 11 is 6.13. The molecule has 2 aromatic rings. The molecule has 0 spiro atoms. The molecule has 0 aliphatic carbocycles. The zero-order valence-electron chi connectivity index (χ0n) is 13.3. The highest BCUT2D eigenvalue weighted by Crippen LogP contribution is 2.34. The van der Waals surface area contributed by atoms with Crippen LogP contribution >= 0.6 is 24.0 Å². The molecule has 0 bridgehead atoms. The highest BCUT2D eigenvalue weighted by Gasteiger charge is 2.24. The number of thiocarbonyl (C=S) groups is 1. The van der Waals surface area contributed by atoms with Gasteiger partial charge in [-0.15, -0.1) is 0 Å². The molecule has 1 saturated heterocycles. The second-order valence-electron chi connectivity index (χ2n) is 4.88. The van der Waals surface area contributed by atoms with Gasteiger partial charge in [-0.05, 0) is 24.3 Å². The van der Waals surface area contributed by atoms with Crippen LogP contribution in [0.25, 0.3) is 17.4 Å². The Morgan fingerprint density at radius 2 is 2.08 bits per heavy atom. The van der Waals surface area contributed by atoms with E-state index < -0.39 is 0 Å². The molecule has 1 aromatic heterocycles. The van der Waals surface area contributed by atoms with Crippen LogP contribution in [0.2, 0.25) is 0 Å². The van der Waals surface area contributed by atoms with Crippen molar-refractivity contribution in [2.45, 2.75) is 0 Å². The lowest BCUT2D eigenvalue weighted by Crippen LogP contribution is -2.17. The summed E-state index contributed by atoms with van der Waals surface area (Å²) in [5, 5.41) is 2.54. The Morgan fingerprint density at radius 3 is 2.72 bits per heavy atom. The molecule has 9 heteroatoms. The smallest absolute Gasteiger partial charge is 0.358 e. The Kier molecular flexibility index (Phi) is 4.86. The molecule has 1 aliphatic rings. The van der Waals surface area contributed by atoms with Crippen molar-refractivity contribution < 1.29 is 23.7 Å². The minimum Gasteiger partial charge on any atom is -0.490 e. The average molecular weight is 377 g/mol. The molecule has 7 nitrogen and oxygen atoms in total. The molecule has 1 fully saturated rings. The van der Waals surface area contributed by atoms with Gasteiger partial charge < -0.3 is 14.5 Å². The number of thioether (sulfide) groups is 1. The van der Waals surface area contributed by atoms with Crippen molar-refractivity contribution in [2.75, 3.05) is 14.2 Å². The van der Waals surface area contributed by atoms with Crippen molar-refractivity contribution in [1.82, 2.24) is 5.32 Å². The van der Waals surface area contributed by atoms with E-state index >= 15 is 0 Å². The van der Waals surface area contributed by atoms with E-state index in [1.165, 1.54) is 26.0 Å². The van der Waals surface area contributed by atoms with E-state index in [1.807, 2.05) is 0 Å². The third-order valence-electron chi connectivity index (χ3n) is 3.37. The molecule has 0 radical (unpaired) electrons. The van der Waals surface area contributed by atoms with Gasteiger partial charge in [0.15, 0.2) is 7.11 Å². The number of nitrogens with zero attached hydrogens (tertiary/aromatic N) is 1. The number of furan rings is 1. The Bertz CT molecular complexity index is 904. The number of amides is 1. The van der Waals surface area contributed by atoms with Gasteiger partial charge in [0.05, 0.1) is 16.9 Å². The number of hydrogen-bond acceptors (Lipinski definition) is 7. The maximum Gasteiger partial charge on any atom is 0.358 e. The molecule has 0 unspecified atom stereocenters. The highest BCUT2D eigenvalue weighted by molar-refractivity contribution is 8.26. The lowest BCUT2D eigenvalue weighted by Gasteiger charge is -2.02. The molecule has 1 N–H and O–H groups in total. The van der Waals surface area contributed by atoms with Crippen LogP contribution in [0.15, 0.2) is 39.7 Å². The summed E-state index contributed by atoms with van der Waals surface area (Å²) in [7, 11) is 2.74. The van der Waals surface area contributed by atoms with Gasteiger partial charge in [0, 0.05) is 17.7 Å². The van der Waals surface area contributed by atoms with Gasteiger partial charge in [0.2, 0.25) is 5.75 Å². The summed E-state index contributed by atoms with van der Waals surface area (Å²) in [4.78, 5) is 29.0. The number of benzene rings is 1. The number of carbonyl (C=O) groups excluding carboxylic acids is 1. The van der Waals surface area contributed by atoms with Crippen LogP contribution in [0.1, 0.15) is 5.76 Å². The van der Waals surface area contributed by atoms with Gasteiger partial charge in [-0.25, -0.2) is 4.84 Å². The average Bonchev–Trinajstić information content (AvgIpc) is 3.20. The van der Waals surface area contributed by atoms with E-state index in [0.29, 0.717) is 37.0 Å². The number of hydrogen-bond donors (Lipinski definition) is 1. The minimum absolute atomic E-state index is 0.217. The number of methoxy groups -OCH3 is 1. The first-order chi connectivity index (χ1) is 12.0. The fourth-order valence-electron chi connectivity index (χ4n) is 2.22. The second kappa shape index (κ2) is 7.08. The van der Waals surface area contributed by atoms with Gasteiger partial charge >= 0.3 is 5.69 Å². The lowest BCUT2D eigenvalue weighted by atomic mass is 10.1. The molecule has 1 aliphatic heterocycles. The molecule has 1 aromatic carbocycles. The van der Waals surface area contributed by atoms with E-state index in [-0.39, 0.29) is 11.6 Å². The molecule has 1 amide bonds. The largest absolute Gasteiger partial charge is 0.490 e. The van der Waals surface area contributed by atoms with Crippen LogP contribution in [-0.2, 0) is 9.63 Å². The predicted octanol–water partition coefficient (Wildman–Crippen LogP) is 3.42. The summed E-state index contributed by atoms with van der Waals surface area (Å²) in [5.41, 5.74) is 0.882. The Labute approximate surface area is 152 Å². The van der Waals surface area contributed by atoms with Crippen LogP contribution in [0.3, 0.4) is 0 Å². The fourth-order valence-corrected chi connectivity index (χ4v) is 3.24. The molecular weight excluding hydrogens is 364 g/mol. The van der Waals surface area contributed by atoms with Gasteiger partial charge in [-0.2, -0.15) is 0 Å². The number of nitrogens with one attached hydrogen (secondary N) is 1. The summed E-state index contributed by atoms with van der Waals surface area (Å²) in [6.07, 6.45) is 1.61. The van der Waals surface area contributed by atoms with Gasteiger partial charge in [-0.1, -0.05) is 24.0 Å². The van der Waals surface area contributed by atoms with E-state index in [2.05, 4.69) is 10.2 Å². The molecule has 0 saturated carbocycles. The summed E-state index contributed by atoms with van der Waals surface area (Å²) in [6.45, 7) is 0. The molecule has 0 atom stereocenters. The highest BCUT2D eigenvalue weighted by atomic mass is 32.2. The number of carbonyl (C=O) groups is 1. The van der Waals surface area contributed by atoms with Crippen molar-refractivity contribution in [3.63, 3.8) is 0 Å². The first kappa shape index (κ1) is 17.2. The van der Waals surface area contributed by atoms with Crippen molar-refractivity contribution >= 4 is 46.0 Å². The third kappa shape index (κ3) is 3.57. The molecule has 128 valence electrons. The van der Waals surface area contributed by atoms with E-state index in [1.54, 1.807) is 36.4 Å². The monoisotopic (exact) mass is 377 g/mol. The van der Waals surface area contributed by atoms with Crippen molar-refractivity contribution in [3.05, 3.63) is 45.9 Å². The predicted molar refractivity (Wildman–Crippen MR) is 97.3 cm³/mol. The Hall–Kier alpha value is -2.65. The topological polar surface area (TPSA) is 80.8 Å². The molecule has 25 heavy (non-hydrogen) atoms. The number of rotatable bonds is 5. The van der Waals surface area contributed by atoms with Crippen LogP contribution < -0.4 is 10.1 Å². The van der Waals surface area contributed by atoms with E-state index in [4.69, 9.17) is 21.4 Å². The minimum atomic E-state index is -0.248. The normalized spacial score (nSPS) is 15.4. The van der Waals surface area contributed by atoms with Gasteiger partial charge in [0.1, 0.15) is 15.8 Å². The van der Waals surface area contributed by atoms with Crippen LogP contribution in [0, 0.1) is 4.91 Å². The van der Waals surface area contributed by atoms with E-state index in [9.17, 15) is 9.70 Å². The third-order valence-corrected chi connectivity index (χ3v) is 4.53. The second-order valence-corrected chi connectivity index (χ2v) is 6.60. The molecule has 2 heterocycles.